The Bertz CT molecular complexity index is 1310. The fourth-order valence-corrected chi connectivity index (χ4v) is 3.26. The molecule has 14 heteroatoms. The van der Waals surface area contributed by atoms with Crippen LogP contribution in [0.25, 0.3) is 11.2 Å². The molecule has 4 N–H and O–H groups in total. The van der Waals surface area contributed by atoms with Crippen molar-refractivity contribution in [2.45, 2.75) is 46.3 Å². The molecule has 2 aromatic heterocycles. The van der Waals surface area contributed by atoms with Crippen molar-refractivity contribution in [2.75, 3.05) is 18.9 Å². The van der Waals surface area contributed by atoms with Crippen LogP contribution < -0.4 is 16.6 Å². The molecule has 3 aromatic rings. The van der Waals surface area contributed by atoms with E-state index < -0.39 is 35.7 Å². The van der Waals surface area contributed by atoms with Crippen molar-refractivity contribution in [3.8, 4) is 0 Å². The molecule has 0 aliphatic carbocycles. The number of fused-ring (bicyclic) bond motifs is 1. The number of hydrogen-bond acceptors (Lipinski definition) is 11. The largest absolute Gasteiger partial charge is 0.463 e. The number of aromatic amines is 1. The average molecular weight is 531 g/mol. The Morgan fingerprint density at radius 1 is 1.11 bits per heavy atom. The van der Waals surface area contributed by atoms with Crippen molar-refractivity contribution in [1.82, 2.24) is 24.8 Å². The van der Waals surface area contributed by atoms with Crippen molar-refractivity contribution in [2.24, 2.45) is 5.92 Å². The third-order valence-corrected chi connectivity index (χ3v) is 5.23. The number of alkyl carbamates (subject to hydrolysis) is 1. The summed E-state index contributed by atoms with van der Waals surface area (Å²) in [6.07, 6.45) is -0.315. The molecule has 14 nitrogen and oxygen atoms in total. The number of nitrogens with two attached hydrogens (primary N) is 1. The first-order valence-electron chi connectivity index (χ1n) is 11.7. The van der Waals surface area contributed by atoms with Gasteiger partial charge in [-0.3, -0.25) is 19.1 Å². The molecule has 1 amide bonds. The molecule has 1 aromatic carbocycles. The number of hydrogen-bond donors (Lipinski definition) is 3. The van der Waals surface area contributed by atoms with Crippen LogP contribution in [0.4, 0.5) is 10.7 Å². The lowest BCUT2D eigenvalue weighted by molar-refractivity contribution is -0.158. The van der Waals surface area contributed by atoms with E-state index in [-0.39, 0.29) is 49.6 Å². The van der Waals surface area contributed by atoms with Crippen LogP contribution in [-0.4, -0.2) is 62.9 Å². The molecule has 0 saturated heterocycles. The number of ether oxygens (including phenoxy) is 4. The summed E-state index contributed by atoms with van der Waals surface area (Å²) in [4.78, 5) is 58.7. The van der Waals surface area contributed by atoms with Gasteiger partial charge in [-0.1, -0.05) is 44.2 Å². The molecule has 0 fully saturated rings. The van der Waals surface area contributed by atoms with Gasteiger partial charge in [0.1, 0.15) is 38.7 Å². The Morgan fingerprint density at radius 3 is 2.50 bits per heavy atom. The topological polar surface area (TPSA) is 190 Å². The molecular formula is C24H30N6O8. The van der Waals surface area contributed by atoms with Crippen LogP contribution in [0.1, 0.15) is 26.3 Å². The fourth-order valence-electron chi connectivity index (χ4n) is 3.26. The summed E-state index contributed by atoms with van der Waals surface area (Å²) >= 11 is 0. The van der Waals surface area contributed by atoms with Gasteiger partial charge in [0.2, 0.25) is 5.95 Å². The molecule has 2 atom stereocenters. The Balaban J connectivity index is 1.59. The van der Waals surface area contributed by atoms with Crippen molar-refractivity contribution >= 4 is 35.1 Å². The van der Waals surface area contributed by atoms with Crippen LogP contribution in [0.5, 0.6) is 0 Å². The van der Waals surface area contributed by atoms with Crippen molar-refractivity contribution < 1.29 is 33.3 Å². The zero-order valence-electron chi connectivity index (χ0n) is 21.2. The van der Waals surface area contributed by atoms with Gasteiger partial charge in [0.15, 0.2) is 11.2 Å². The standard InChI is InChI=1S/C24H30N6O8/c1-14(2)18(27-24(34)37-9-16-7-5-4-6-8-16)22(33)36-11-17(10-35-15(3)31)38-13-30-12-26-19-20(30)28-23(25)29-21(19)32/h4-8,12,14,17-18H,9-11,13H2,1-3H3,(H,27,34)(H3,25,28,29,32)/t17-,18-/m0/s1. The summed E-state index contributed by atoms with van der Waals surface area (Å²) in [5.74, 6) is -1.68. The molecule has 2 heterocycles. The summed E-state index contributed by atoms with van der Waals surface area (Å²) in [6, 6.07) is 8.10. The molecule has 0 spiro atoms. The number of nitrogen functional groups attached to an aromatic ring is 1. The van der Waals surface area contributed by atoms with Gasteiger partial charge in [-0.15, -0.1) is 0 Å². The minimum Gasteiger partial charge on any atom is -0.463 e. The van der Waals surface area contributed by atoms with E-state index in [4.69, 9.17) is 24.7 Å². The second kappa shape index (κ2) is 13.2. The lowest BCUT2D eigenvalue weighted by Crippen LogP contribution is -2.46. The Kier molecular flexibility index (Phi) is 9.76. The van der Waals surface area contributed by atoms with E-state index in [0.29, 0.717) is 0 Å². The van der Waals surface area contributed by atoms with Gasteiger partial charge in [-0.05, 0) is 11.5 Å². The van der Waals surface area contributed by atoms with Crippen molar-refractivity contribution in [1.29, 1.82) is 0 Å². The van der Waals surface area contributed by atoms with E-state index in [1.54, 1.807) is 26.0 Å². The number of carbonyl (C=O) groups excluding carboxylic acids is 3. The Hall–Kier alpha value is -4.46. The van der Waals surface area contributed by atoms with Crippen LogP contribution in [0.15, 0.2) is 41.5 Å². The van der Waals surface area contributed by atoms with Gasteiger partial charge in [0.25, 0.3) is 5.56 Å². The van der Waals surface area contributed by atoms with Crippen LogP contribution in [-0.2, 0) is 41.9 Å². The van der Waals surface area contributed by atoms with Crippen LogP contribution in [0.2, 0.25) is 0 Å². The molecule has 0 aliphatic rings. The second-order valence-electron chi connectivity index (χ2n) is 8.62. The highest BCUT2D eigenvalue weighted by Crippen LogP contribution is 2.10. The number of amides is 1. The summed E-state index contributed by atoms with van der Waals surface area (Å²) in [5, 5.41) is 2.52. The summed E-state index contributed by atoms with van der Waals surface area (Å²) in [6.45, 7) is 4.07. The number of carbonyl (C=O) groups is 3. The van der Waals surface area contributed by atoms with E-state index in [1.165, 1.54) is 17.8 Å². The van der Waals surface area contributed by atoms with E-state index in [9.17, 15) is 19.2 Å². The molecule has 3 rings (SSSR count). The van der Waals surface area contributed by atoms with E-state index in [1.807, 2.05) is 18.2 Å². The maximum Gasteiger partial charge on any atom is 0.408 e. The number of benzene rings is 1. The predicted molar refractivity (Wildman–Crippen MR) is 133 cm³/mol. The number of aromatic nitrogens is 4. The first kappa shape index (κ1) is 28.1. The zero-order chi connectivity index (χ0) is 27.7. The predicted octanol–water partition coefficient (Wildman–Crippen LogP) is 1.10. The minimum absolute atomic E-state index is 0.0418. The monoisotopic (exact) mass is 530 g/mol. The SMILES string of the molecule is CC(=O)OC[C@@H](COC(=O)[C@@H](NC(=O)OCc1ccccc1)C(C)C)OCn1cnc2c(=O)[nH]c(N)nc21. The van der Waals surface area contributed by atoms with Gasteiger partial charge in [0.05, 0.1) is 6.33 Å². The number of anilines is 1. The first-order chi connectivity index (χ1) is 18.1. The normalized spacial score (nSPS) is 12.6. The lowest BCUT2D eigenvalue weighted by Gasteiger charge is -2.23. The number of esters is 2. The molecular weight excluding hydrogens is 500 g/mol. The minimum atomic E-state index is -0.996. The van der Waals surface area contributed by atoms with Gasteiger partial charge in [-0.25, -0.2) is 14.6 Å². The quantitative estimate of drug-likeness (QED) is 0.224. The molecule has 0 aliphatic heterocycles. The third kappa shape index (κ3) is 8.03. The molecule has 0 saturated carbocycles. The zero-order valence-corrected chi connectivity index (χ0v) is 21.2. The van der Waals surface area contributed by atoms with Gasteiger partial charge < -0.3 is 30.0 Å². The van der Waals surface area contributed by atoms with E-state index >= 15 is 0 Å². The smallest absolute Gasteiger partial charge is 0.408 e. The van der Waals surface area contributed by atoms with Gasteiger partial charge in [0, 0.05) is 6.92 Å². The Morgan fingerprint density at radius 2 is 1.82 bits per heavy atom. The van der Waals surface area contributed by atoms with Crippen LogP contribution in [0, 0.1) is 5.92 Å². The van der Waals surface area contributed by atoms with Crippen molar-refractivity contribution in [3.05, 3.63) is 52.6 Å². The van der Waals surface area contributed by atoms with Gasteiger partial charge in [-0.2, -0.15) is 4.98 Å². The highest BCUT2D eigenvalue weighted by atomic mass is 16.6. The summed E-state index contributed by atoms with van der Waals surface area (Å²) in [7, 11) is 0. The lowest BCUT2D eigenvalue weighted by atomic mass is 10.1. The molecule has 0 radical (unpaired) electrons. The Labute approximate surface area is 217 Å². The first-order valence-corrected chi connectivity index (χ1v) is 11.7. The number of H-pyrrole nitrogens is 1. The molecule has 0 bridgehead atoms. The second-order valence-corrected chi connectivity index (χ2v) is 8.62. The number of nitrogens with zero attached hydrogens (tertiary/aromatic N) is 3. The van der Waals surface area contributed by atoms with E-state index in [0.717, 1.165) is 5.56 Å². The average Bonchev–Trinajstić information content (AvgIpc) is 3.28. The number of rotatable bonds is 12. The van der Waals surface area contributed by atoms with Crippen LogP contribution >= 0.6 is 0 Å². The highest BCUT2D eigenvalue weighted by Gasteiger charge is 2.28. The van der Waals surface area contributed by atoms with E-state index in [2.05, 4.69) is 20.3 Å². The molecule has 204 valence electrons. The fraction of sp³-hybridized carbons (Fsp3) is 0.417. The summed E-state index contributed by atoms with van der Waals surface area (Å²) in [5.41, 5.74) is 6.15. The summed E-state index contributed by atoms with van der Waals surface area (Å²) < 4.78 is 22.8. The molecule has 0 unspecified atom stereocenters. The number of nitrogens with one attached hydrogen (secondary N) is 2. The third-order valence-electron chi connectivity index (χ3n) is 5.23. The van der Waals surface area contributed by atoms with Crippen molar-refractivity contribution in [3.63, 3.8) is 0 Å². The highest BCUT2D eigenvalue weighted by molar-refractivity contribution is 5.81. The molecule has 38 heavy (non-hydrogen) atoms. The maximum atomic E-state index is 12.8. The maximum absolute atomic E-state index is 12.8. The van der Waals surface area contributed by atoms with Crippen LogP contribution in [0.3, 0.4) is 0 Å². The number of imidazole rings is 1. The van der Waals surface area contributed by atoms with Gasteiger partial charge >= 0.3 is 18.0 Å².